The number of aliphatic hydroxyl groups is 1. The Morgan fingerprint density at radius 1 is 0.967 bits per heavy atom. The van der Waals surface area contributed by atoms with Gasteiger partial charge in [0.25, 0.3) is 0 Å². The minimum absolute atomic E-state index is 0.272. The fraction of sp³-hybridized carbons (Fsp3) is 0.167. The van der Waals surface area contributed by atoms with Crippen LogP contribution >= 0.6 is 23.2 Å². The van der Waals surface area contributed by atoms with Crippen LogP contribution in [0.3, 0.4) is 0 Å². The predicted octanol–water partition coefficient (Wildman–Crippen LogP) is 5.90. The van der Waals surface area contributed by atoms with E-state index in [2.05, 4.69) is 16.0 Å². The Morgan fingerprint density at radius 2 is 1.73 bits per heavy atom. The first-order chi connectivity index (χ1) is 14.5. The van der Waals surface area contributed by atoms with Gasteiger partial charge in [0, 0.05) is 39.7 Å². The molecule has 0 bridgehead atoms. The second kappa shape index (κ2) is 9.19. The van der Waals surface area contributed by atoms with E-state index in [1.165, 1.54) is 12.1 Å². The second-order valence-corrected chi connectivity index (χ2v) is 8.07. The highest BCUT2D eigenvalue weighted by Crippen LogP contribution is 2.29. The molecule has 0 radical (unpaired) electrons. The largest absolute Gasteiger partial charge is 0.390 e. The molecule has 0 aliphatic carbocycles. The average Bonchev–Trinajstić information content (AvgIpc) is 3.09. The lowest BCUT2D eigenvalue weighted by molar-refractivity contribution is 0.153. The van der Waals surface area contributed by atoms with Crippen molar-refractivity contribution in [2.45, 2.75) is 19.2 Å². The molecular formula is C24H21Cl2FN2O. The Labute approximate surface area is 184 Å². The molecule has 0 saturated heterocycles. The fourth-order valence-electron chi connectivity index (χ4n) is 3.58. The van der Waals surface area contributed by atoms with Gasteiger partial charge in [-0.15, -0.1) is 0 Å². The SMILES string of the molecule is O[C@@H](CNCc1ccc(Cl)cc1Cl)Cn1c(-c2ccc(F)cc2)cc2ccccc21. The van der Waals surface area contributed by atoms with Crippen molar-refractivity contribution in [3.05, 3.63) is 94.2 Å². The standard InChI is InChI=1S/C24H21Cl2FN2O/c25-19-8-5-18(22(26)12-19)13-28-14-21(30)15-29-23-4-2-1-3-17(23)11-24(29)16-6-9-20(27)10-7-16/h1-12,21,28,30H,13-15H2/t21-/m0/s1. The molecule has 3 aromatic carbocycles. The normalized spacial score (nSPS) is 12.4. The molecule has 3 nitrogen and oxygen atoms in total. The zero-order valence-electron chi connectivity index (χ0n) is 16.2. The van der Waals surface area contributed by atoms with Gasteiger partial charge in [0.1, 0.15) is 5.82 Å². The summed E-state index contributed by atoms with van der Waals surface area (Å²) in [6, 6.07) is 21.9. The molecule has 1 atom stereocenters. The van der Waals surface area contributed by atoms with Crippen molar-refractivity contribution in [3.63, 3.8) is 0 Å². The first-order valence-electron chi connectivity index (χ1n) is 9.68. The molecule has 154 valence electrons. The molecule has 4 aromatic rings. The highest BCUT2D eigenvalue weighted by atomic mass is 35.5. The molecule has 0 fully saturated rings. The van der Waals surface area contributed by atoms with Gasteiger partial charge in [-0.2, -0.15) is 0 Å². The Hall–Kier alpha value is -2.37. The summed E-state index contributed by atoms with van der Waals surface area (Å²) >= 11 is 12.1. The molecule has 4 rings (SSSR count). The number of nitrogens with one attached hydrogen (secondary N) is 1. The van der Waals surface area contributed by atoms with Crippen LogP contribution < -0.4 is 5.32 Å². The molecule has 0 unspecified atom stereocenters. The minimum atomic E-state index is -0.619. The van der Waals surface area contributed by atoms with Crippen LogP contribution in [0.5, 0.6) is 0 Å². The van der Waals surface area contributed by atoms with Gasteiger partial charge in [0.05, 0.1) is 12.6 Å². The number of benzene rings is 3. The van der Waals surface area contributed by atoms with Crippen molar-refractivity contribution >= 4 is 34.1 Å². The number of aliphatic hydroxyl groups excluding tert-OH is 1. The van der Waals surface area contributed by atoms with Crippen LogP contribution in [-0.4, -0.2) is 22.3 Å². The van der Waals surface area contributed by atoms with Gasteiger partial charge < -0.3 is 15.0 Å². The van der Waals surface area contributed by atoms with Crippen molar-refractivity contribution in [1.82, 2.24) is 9.88 Å². The van der Waals surface area contributed by atoms with Crippen molar-refractivity contribution in [2.24, 2.45) is 0 Å². The van der Waals surface area contributed by atoms with Crippen LogP contribution in [-0.2, 0) is 13.1 Å². The van der Waals surface area contributed by atoms with Gasteiger partial charge in [-0.1, -0.05) is 47.5 Å². The van der Waals surface area contributed by atoms with Crippen LogP contribution in [0.25, 0.3) is 22.2 Å². The number of rotatable bonds is 7. The topological polar surface area (TPSA) is 37.2 Å². The highest BCUT2D eigenvalue weighted by molar-refractivity contribution is 6.35. The van der Waals surface area contributed by atoms with E-state index in [4.69, 9.17) is 23.2 Å². The van der Waals surface area contributed by atoms with E-state index in [9.17, 15) is 9.50 Å². The van der Waals surface area contributed by atoms with Crippen molar-refractivity contribution in [3.8, 4) is 11.3 Å². The van der Waals surface area contributed by atoms with Crippen molar-refractivity contribution in [2.75, 3.05) is 6.54 Å². The molecule has 1 aromatic heterocycles. The number of hydrogen-bond acceptors (Lipinski definition) is 2. The molecule has 0 aliphatic rings. The second-order valence-electron chi connectivity index (χ2n) is 7.23. The Balaban J connectivity index is 1.51. The summed E-state index contributed by atoms with van der Waals surface area (Å²) in [6.45, 7) is 1.33. The Bertz CT molecular complexity index is 1160. The van der Waals surface area contributed by atoms with Crippen LogP contribution in [0, 0.1) is 5.82 Å². The van der Waals surface area contributed by atoms with Gasteiger partial charge in [-0.05, 0) is 59.7 Å². The molecule has 0 aliphatic heterocycles. The van der Waals surface area contributed by atoms with E-state index in [1.54, 1.807) is 24.3 Å². The summed E-state index contributed by atoms with van der Waals surface area (Å²) in [5.74, 6) is -0.272. The molecular weight excluding hydrogens is 422 g/mol. The van der Waals surface area contributed by atoms with Crippen LogP contribution in [0.1, 0.15) is 5.56 Å². The first kappa shape index (κ1) is 20.9. The third-order valence-electron chi connectivity index (χ3n) is 5.05. The summed E-state index contributed by atoms with van der Waals surface area (Å²) in [4.78, 5) is 0. The maximum Gasteiger partial charge on any atom is 0.123 e. The summed E-state index contributed by atoms with van der Waals surface area (Å²) in [6.07, 6.45) is -0.619. The Morgan fingerprint density at radius 3 is 2.50 bits per heavy atom. The van der Waals surface area contributed by atoms with Crippen LogP contribution in [0.2, 0.25) is 10.0 Å². The van der Waals surface area contributed by atoms with Gasteiger partial charge >= 0.3 is 0 Å². The van der Waals surface area contributed by atoms with Crippen molar-refractivity contribution in [1.29, 1.82) is 0 Å². The van der Waals surface area contributed by atoms with E-state index < -0.39 is 6.10 Å². The first-order valence-corrected chi connectivity index (χ1v) is 10.4. The predicted molar refractivity (Wildman–Crippen MR) is 122 cm³/mol. The molecule has 0 spiro atoms. The minimum Gasteiger partial charge on any atom is -0.390 e. The maximum atomic E-state index is 13.4. The van der Waals surface area contributed by atoms with Crippen LogP contribution in [0.4, 0.5) is 4.39 Å². The van der Waals surface area contributed by atoms with Gasteiger partial charge in [0.2, 0.25) is 0 Å². The van der Waals surface area contributed by atoms with E-state index in [-0.39, 0.29) is 5.82 Å². The maximum absolute atomic E-state index is 13.4. The van der Waals surface area contributed by atoms with Gasteiger partial charge in [-0.25, -0.2) is 4.39 Å². The molecule has 0 saturated carbocycles. The zero-order chi connectivity index (χ0) is 21.1. The summed E-state index contributed by atoms with van der Waals surface area (Å²) in [5, 5.41) is 16.2. The molecule has 1 heterocycles. The Kier molecular flexibility index (Phi) is 6.40. The quantitative estimate of drug-likeness (QED) is 0.373. The lowest BCUT2D eigenvalue weighted by Crippen LogP contribution is -2.30. The number of fused-ring (bicyclic) bond motifs is 1. The zero-order valence-corrected chi connectivity index (χ0v) is 17.7. The third-order valence-corrected chi connectivity index (χ3v) is 5.64. The number of halogens is 3. The number of aromatic nitrogens is 1. The average molecular weight is 443 g/mol. The summed E-state index contributed by atoms with van der Waals surface area (Å²) in [7, 11) is 0. The van der Waals surface area contributed by atoms with E-state index in [1.807, 2.05) is 30.3 Å². The fourth-order valence-corrected chi connectivity index (χ4v) is 4.06. The smallest absolute Gasteiger partial charge is 0.123 e. The van der Waals surface area contributed by atoms with E-state index in [0.29, 0.717) is 29.7 Å². The van der Waals surface area contributed by atoms with Crippen LogP contribution in [0.15, 0.2) is 72.8 Å². The monoisotopic (exact) mass is 442 g/mol. The third kappa shape index (κ3) is 4.68. The molecule has 30 heavy (non-hydrogen) atoms. The molecule has 0 amide bonds. The highest BCUT2D eigenvalue weighted by Gasteiger charge is 2.14. The summed E-state index contributed by atoms with van der Waals surface area (Å²) in [5.41, 5.74) is 3.79. The lowest BCUT2D eigenvalue weighted by Gasteiger charge is -2.17. The molecule has 6 heteroatoms. The number of nitrogens with zero attached hydrogens (tertiary/aromatic N) is 1. The number of hydrogen-bond donors (Lipinski definition) is 2. The number of para-hydroxylation sites is 1. The van der Waals surface area contributed by atoms with E-state index >= 15 is 0 Å². The van der Waals surface area contributed by atoms with E-state index in [0.717, 1.165) is 27.7 Å². The molecule has 2 N–H and O–H groups in total. The van der Waals surface area contributed by atoms with Gasteiger partial charge in [0.15, 0.2) is 0 Å². The summed E-state index contributed by atoms with van der Waals surface area (Å²) < 4.78 is 15.4. The van der Waals surface area contributed by atoms with Crippen molar-refractivity contribution < 1.29 is 9.50 Å². The van der Waals surface area contributed by atoms with Gasteiger partial charge in [-0.3, -0.25) is 0 Å². The lowest BCUT2D eigenvalue weighted by atomic mass is 10.1.